The van der Waals surface area contributed by atoms with Gasteiger partial charge in [-0.05, 0) is 83.7 Å². The first-order valence-electron chi connectivity index (χ1n) is 12.0. The van der Waals surface area contributed by atoms with E-state index in [4.69, 9.17) is 15.2 Å². The SMILES string of the molecule is Cc1cccc(Oc2c(F)cccc2C(O)(CCCN)C2CCCN(C(=O)OC(C)(C)C)C2)c1. The van der Waals surface area contributed by atoms with Gasteiger partial charge in [-0.1, -0.05) is 24.3 Å². The predicted octanol–water partition coefficient (Wildman–Crippen LogP) is 5.50. The quantitative estimate of drug-likeness (QED) is 0.556. The number of rotatable bonds is 7. The van der Waals surface area contributed by atoms with E-state index in [1.54, 1.807) is 23.1 Å². The fourth-order valence-corrected chi connectivity index (χ4v) is 4.54. The molecule has 186 valence electrons. The topological polar surface area (TPSA) is 85.0 Å². The molecule has 0 aliphatic carbocycles. The van der Waals surface area contributed by atoms with Crippen molar-refractivity contribution in [3.05, 3.63) is 59.4 Å². The molecule has 1 aliphatic heterocycles. The van der Waals surface area contributed by atoms with Gasteiger partial charge in [0.2, 0.25) is 0 Å². The van der Waals surface area contributed by atoms with Crippen LogP contribution in [0.5, 0.6) is 11.5 Å². The van der Waals surface area contributed by atoms with Crippen LogP contribution < -0.4 is 10.5 Å². The number of carbonyl (C=O) groups excluding carboxylic acids is 1. The molecule has 1 heterocycles. The van der Waals surface area contributed by atoms with Gasteiger partial charge < -0.3 is 25.2 Å². The van der Waals surface area contributed by atoms with Crippen LogP contribution in [0.3, 0.4) is 0 Å². The van der Waals surface area contributed by atoms with Crippen LogP contribution in [0.4, 0.5) is 9.18 Å². The Hall–Kier alpha value is -2.64. The van der Waals surface area contributed by atoms with Gasteiger partial charge in [0.05, 0.1) is 5.60 Å². The molecule has 1 saturated heterocycles. The second-order valence-electron chi connectivity index (χ2n) is 10.1. The standard InChI is InChI=1S/C27H37FN2O4/c1-19-9-5-11-21(17-19)33-24-22(12-6-13-23(24)28)27(32,14-8-15-29)20-10-7-16-30(18-20)25(31)34-26(2,3)4/h5-6,9,11-13,17,20,32H,7-8,10,14-16,18,29H2,1-4H3. The fourth-order valence-electron chi connectivity index (χ4n) is 4.54. The number of para-hydroxylation sites is 1. The van der Waals surface area contributed by atoms with Crippen molar-refractivity contribution in [3.8, 4) is 11.5 Å². The summed E-state index contributed by atoms with van der Waals surface area (Å²) in [5, 5.41) is 12.1. The van der Waals surface area contributed by atoms with Gasteiger partial charge in [-0.15, -0.1) is 0 Å². The van der Waals surface area contributed by atoms with Crippen molar-refractivity contribution in [2.24, 2.45) is 11.7 Å². The number of ether oxygens (including phenoxy) is 2. The number of likely N-dealkylation sites (tertiary alicyclic amines) is 1. The Morgan fingerprint density at radius 1 is 1.24 bits per heavy atom. The maximum absolute atomic E-state index is 15.1. The van der Waals surface area contributed by atoms with Crippen molar-refractivity contribution in [1.29, 1.82) is 0 Å². The molecule has 1 aliphatic rings. The number of halogens is 1. The third kappa shape index (κ3) is 6.27. The lowest BCUT2D eigenvalue weighted by Crippen LogP contribution is -2.49. The summed E-state index contributed by atoms with van der Waals surface area (Å²) in [4.78, 5) is 14.4. The van der Waals surface area contributed by atoms with Gasteiger partial charge in [0.1, 0.15) is 11.4 Å². The Labute approximate surface area is 201 Å². The summed E-state index contributed by atoms with van der Waals surface area (Å²) in [6.07, 6.45) is 1.84. The lowest BCUT2D eigenvalue weighted by atomic mass is 9.74. The number of benzene rings is 2. The van der Waals surface area contributed by atoms with Crippen LogP contribution in [-0.2, 0) is 10.3 Å². The van der Waals surface area contributed by atoms with Crippen LogP contribution in [0.25, 0.3) is 0 Å². The number of aryl methyl sites for hydroxylation is 1. The molecule has 2 unspecified atom stereocenters. The molecule has 1 fully saturated rings. The minimum atomic E-state index is -1.43. The largest absolute Gasteiger partial charge is 0.454 e. The lowest BCUT2D eigenvalue weighted by Gasteiger charge is -2.43. The average Bonchev–Trinajstić information content (AvgIpc) is 2.78. The minimum Gasteiger partial charge on any atom is -0.454 e. The number of piperidine rings is 1. The number of hydrogen-bond acceptors (Lipinski definition) is 5. The maximum Gasteiger partial charge on any atom is 0.410 e. The summed E-state index contributed by atoms with van der Waals surface area (Å²) < 4.78 is 26.7. The van der Waals surface area contributed by atoms with Crippen molar-refractivity contribution in [2.45, 2.75) is 64.6 Å². The molecular weight excluding hydrogens is 435 g/mol. The summed E-state index contributed by atoms with van der Waals surface area (Å²) in [6.45, 7) is 8.64. The predicted molar refractivity (Wildman–Crippen MR) is 130 cm³/mol. The van der Waals surface area contributed by atoms with Crippen LogP contribution in [0.15, 0.2) is 42.5 Å². The molecule has 34 heavy (non-hydrogen) atoms. The van der Waals surface area contributed by atoms with Crippen LogP contribution in [0.2, 0.25) is 0 Å². The third-order valence-electron chi connectivity index (χ3n) is 6.15. The van der Waals surface area contributed by atoms with Crippen LogP contribution in [0, 0.1) is 18.7 Å². The summed E-state index contributed by atoms with van der Waals surface area (Å²) in [5.74, 6) is -0.388. The van der Waals surface area contributed by atoms with E-state index in [0.29, 0.717) is 56.6 Å². The zero-order chi connectivity index (χ0) is 24.9. The molecule has 3 rings (SSSR count). The molecule has 0 aromatic heterocycles. The van der Waals surface area contributed by atoms with Gasteiger partial charge in [0, 0.05) is 24.6 Å². The van der Waals surface area contributed by atoms with Crippen molar-refractivity contribution < 1.29 is 23.8 Å². The molecular formula is C27H37FN2O4. The molecule has 3 N–H and O–H groups in total. The highest BCUT2D eigenvalue weighted by Gasteiger charge is 2.44. The number of carbonyl (C=O) groups is 1. The highest BCUT2D eigenvalue weighted by Crippen LogP contribution is 2.45. The molecule has 7 heteroatoms. The number of hydrogen-bond donors (Lipinski definition) is 2. The summed E-state index contributed by atoms with van der Waals surface area (Å²) in [7, 11) is 0. The Morgan fingerprint density at radius 3 is 2.65 bits per heavy atom. The number of nitrogens with zero attached hydrogens (tertiary/aromatic N) is 1. The monoisotopic (exact) mass is 472 g/mol. The highest BCUT2D eigenvalue weighted by molar-refractivity contribution is 5.68. The van der Waals surface area contributed by atoms with Crippen molar-refractivity contribution in [2.75, 3.05) is 19.6 Å². The molecule has 0 spiro atoms. The minimum absolute atomic E-state index is 0.00186. The Morgan fingerprint density at radius 2 is 1.97 bits per heavy atom. The van der Waals surface area contributed by atoms with E-state index in [2.05, 4.69) is 0 Å². The molecule has 2 aromatic rings. The number of aliphatic hydroxyl groups is 1. The molecule has 0 bridgehead atoms. The van der Waals surface area contributed by atoms with Crippen LogP contribution >= 0.6 is 0 Å². The molecule has 0 radical (unpaired) electrons. The van der Waals surface area contributed by atoms with Gasteiger partial charge >= 0.3 is 6.09 Å². The zero-order valence-electron chi connectivity index (χ0n) is 20.6. The van der Waals surface area contributed by atoms with Gasteiger partial charge in [-0.25, -0.2) is 9.18 Å². The molecule has 0 saturated carbocycles. The first kappa shape index (κ1) is 26.0. The number of nitrogens with two attached hydrogens (primary N) is 1. The van der Waals surface area contributed by atoms with Crippen molar-refractivity contribution >= 4 is 6.09 Å². The summed E-state index contributed by atoms with van der Waals surface area (Å²) >= 11 is 0. The smallest absolute Gasteiger partial charge is 0.410 e. The normalized spacial score (nSPS) is 18.3. The Bertz CT molecular complexity index is 991. The van der Waals surface area contributed by atoms with Crippen LogP contribution in [0.1, 0.15) is 57.6 Å². The second-order valence-corrected chi connectivity index (χ2v) is 10.1. The van der Waals surface area contributed by atoms with E-state index in [1.807, 2.05) is 45.9 Å². The second kappa shape index (κ2) is 10.7. The van der Waals surface area contributed by atoms with Gasteiger partial charge in [-0.2, -0.15) is 0 Å². The molecule has 2 aromatic carbocycles. The van der Waals surface area contributed by atoms with Gasteiger partial charge in [0.25, 0.3) is 0 Å². The van der Waals surface area contributed by atoms with E-state index in [0.717, 1.165) is 5.56 Å². The van der Waals surface area contributed by atoms with Crippen LogP contribution in [-0.4, -0.2) is 41.3 Å². The lowest BCUT2D eigenvalue weighted by molar-refractivity contribution is -0.0642. The van der Waals surface area contributed by atoms with Crippen molar-refractivity contribution in [3.63, 3.8) is 0 Å². The molecule has 1 amide bonds. The maximum atomic E-state index is 15.1. The van der Waals surface area contributed by atoms with Crippen molar-refractivity contribution in [1.82, 2.24) is 4.90 Å². The van der Waals surface area contributed by atoms with E-state index >= 15 is 4.39 Å². The molecule has 2 atom stereocenters. The highest BCUT2D eigenvalue weighted by atomic mass is 19.1. The van der Waals surface area contributed by atoms with E-state index < -0.39 is 23.1 Å². The fraction of sp³-hybridized carbons (Fsp3) is 0.519. The van der Waals surface area contributed by atoms with E-state index in [9.17, 15) is 9.90 Å². The third-order valence-corrected chi connectivity index (χ3v) is 6.15. The van der Waals surface area contributed by atoms with E-state index in [1.165, 1.54) is 6.07 Å². The van der Waals surface area contributed by atoms with Gasteiger partial charge in [-0.3, -0.25) is 0 Å². The number of amides is 1. The first-order valence-corrected chi connectivity index (χ1v) is 12.0. The average molecular weight is 473 g/mol. The Kier molecular flexibility index (Phi) is 8.21. The van der Waals surface area contributed by atoms with E-state index in [-0.39, 0.29) is 11.7 Å². The zero-order valence-corrected chi connectivity index (χ0v) is 20.6. The molecule has 6 nitrogen and oxygen atoms in total. The summed E-state index contributed by atoms with van der Waals surface area (Å²) in [6, 6.07) is 12.0. The Balaban J connectivity index is 1.97. The summed E-state index contributed by atoms with van der Waals surface area (Å²) in [5.41, 5.74) is 5.11. The van der Waals surface area contributed by atoms with Gasteiger partial charge in [0.15, 0.2) is 11.6 Å². The first-order chi connectivity index (χ1) is 16.0.